The number of aromatic nitrogens is 1. The summed E-state index contributed by atoms with van der Waals surface area (Å²) in [6, 6.07) is 10.6. The average molecular weight is 748 g/mol. The number of amides is 2. The second-order valence-corrected chi connectivity index (χ2v) is 14.2. The van der Waals surface area contributed by atoms with Crippen LogP contribution in [0.15, 0.2) is 84.0 Å². The summed E-state index contributed by atoms with van der Waals surface area (Å²) in [7, 11) is -3.03. The van der Waals surface area contributed by atoms with E-state index in [9.17, 15) is 31.2 Å². The molecule has 0 radical (unpaired) electrons. The monoisotopic (exact) mass is 747 g/mol. The van der Waals surface area contributed by atoms with E-state index in [4.69, 9.17) is 16.3 Å². The van der Waals surface area contributed by atoms with Crippen LogP contribution in [-0.4, -0.2) is 68.0 Å². The van der Waals surface area contributed by atoms with Gasteiger partial charge in [0.25, 0.3) is 0 Å². The van der Waals surface area contributed by atoms with E-state index in [1.165, 1.54) is 34.8 Å². The zero-order chi connectivity index (χ0) is 36.9. The smallest absolute Gasteiger partial charge is 0.407 e. The summed E-state index contributed by atoms with van der Waals surface area (Å²) in [5.41, 5.74) is 0.0113. The van der Waals surface area contributed by atoms with E-state index >= 15 is 4.39 Å². The highest BCUT2D eigenvalue weighted by molar-refractivity contribution is 7.89. The number of hydrogen-bond donors (Lipinski definition) is 3. The molecule has 4 atom stereocenters. The van der Waals surface area contributed by atoms with Gasteiger partial charge in [-0.3, -0.25) is 9.78 Å². The van der Waals surface area contributed by atoms with Crippen LogP contribution < -0.4 is 16.0 Å². The molecule has 1 saturated heterocycles. The molecule has 16 heteroatoms. The Morgan fingerprint density at radius 1 is 0.980 bits per heavy atom. The van der Waals surface area contributed by atoms with Gasteiger partial charge in [-0.2, -0.15) is 4.31 Å². The number of carbonyl (C=O) groups is 2. The van der Waals surface area contributed by atoms with Crippen molar-refractivity contribution in [2.75, 3.05) is 25.5 Å². The van der Waals surface area contributed by atoms with Gasteiger partial charge in [0.1, 0.15) is 34.2 Å². The van der Waals surface area contributed by atoms with Gasteiger partial charge in [0.2, 0.25) is 15.9 Å². The number of carbonyl (C=O) groups excluding carboxylic acids is 2. The zero-order valence-electron chi connectivity index (χ0n) is 27.4. The molecular formula is C35H34ClF4N5O5S. The number of piperazine rings is 1. The van der Waals surface area contributed by atoms with E-state index in [-0.39, 0.29) is 51.7 Å². The van der Waals surface area contributed by atoms with Gasteiger partial charge in [0, 0.05) is 42.7 Å². The van der Waals surface area contributed by atoms with Crippen LogP contribution >= 0.6 is 11.6 Å². The van der Waals surface area contributed by atoms with Gasteiger partial charge in [-0.25, -0.2) is 30.8 Å². The van der Waals surface area contributed by atoms with E-state index in [2.05, 4.69) is 20.9 Å². The topological polar surface area (TPSA) is 130 Å². The molecule has 5 rings (SSSR count). The van der Waals surface area contributed by atoms with Crippen LogP contribution in [-0.2, 0) is 26.0 Å². The summed E-state index contributed by atoms with van der Waals surface area (Å²) in [5, 5.41) is 8.22. The maximum atomic E-state index is 15.5. The van der Waals surface area contributed by atoms with Crippen molar-refractivity contribution in [2.24, 2.45) is 0 Å². The van der Waals surface area contributed by atoms with E-state index in [0.29, 0.717) is 12.6 Å². The molecular weight excluding hydrogens is 714 g/mol. The number of halogens is 5. The molecule has 1 aromatic heterocycles. The second kappa shape index (κ2) is 16.2. The maximum absolute atomic E-state index is 15.5. The predicted octanol–water partition coefficient (Wildman–Crippen LogP) is 5.77. The number of rotatable bonds is 11. The highest BCUT2D eigenvalue weighted by Gasteiger charge is 2.39. The minimum atomic E-state index is -4.07. The molecule has 2 heterocycles. The highest BCUT2D eigenvalue weighted by Crippen LogP contribution is 2.33. The van der Waals surface area contributed by atoms with Gasteiger partial charge >= 0.3 is 6.09 Å². The van der Waals surface area contributed by atoms with Gasteiger partial charge in [-0.05, 0) is 67.3 Å². The molecule has 1 aliphatic rings. The van der Waals surface area contributed by atoms with Gasteiger partial charge in [0.05, 0.1) is 30.2 Å². The van der Waals surface area contributed by atoms with E-state index in [1.807, 2.05) is 0 Å². The number of sulfonamides is 1. The van der Waals surface area contributed by atoms with Crippen molar-refractivity contribution in [3.63, 3.8) is 0 Å². The molecule has 0 aliphatic carbocycles. The molecule has 3 aromatic carbocycles. The fourth-order valence-electron chi connectivity index (χ4n) is 6.26. The lowest BCUT2D eigenvalue weighted by Gasteiger charge is -2.40. The van der Waals surface area contributed by atoms with E-state index < -0.39 is 69.3 Å². The van der Waals surface area contributed by atoms with Gasteiger partial charge in [0.15, 0.2) is 0 Å². The van der Waals surface area contributed by atoms with Crippen LogP contribution in [0.5, 0.6) is 0 Å². The lowest BCUT2D eigenvalue weighted by atomic mass is 9.84. The number of methoxy groups -OCH3 is 1. The van der Waals surface area contributed by atoms with Crippen molar-refractivity contribution >= 4 is 39.3 Å². The molecule has 4 aromatic rings. The van der Waals surface area contributed by atoms with Crippen molar-refractivity contribution in [2.45, 2.75) is 48.7 Å². The maximum Gasteiger partial charge on any atom is 0.407 e. The number of hydrogen-bond acceptors (Lipinski definition) is 7. The Kier molecular flexibility index (Phi) is 12.0. The number of benzene rings is 3. The third-order valence-corrected chi connectivity index (χ3v) is 11.1. The Labute approximate surface area is 297 Å². The van der Waals surface area contributed by atoms with Crippen molar-refractivity contribution in [3.8, 4) is 0 Å². The van der Waals surface area contributed by atoms with E-state index in [1.54, 1.807) is 19.1 Å². The predicted molar refractivity (Wildman–Crippen MR) is 182 cm³/mol. The van der Waals surface area contributed by atoms with Crippen molar-refractivity contribution in [3.05, 3.63) is 124 Å². The number of alkyl carbamates (subject to hydrolysis) is 1. The Bertz CT molecular complexity index is 1990. The lowest BCUT2D eigenvalue weighted by Crippen LogP contribution is -2.58. The molecule has 1 aliphatic heterocycles. The largest absolute Gasteiger partial charge is 0.453 e. The van der Waals surface area contributed by atoms with Crippen LogP contribution in [0.1, 0.15) is 36.0 Å². The number of nitrogens with one attached hydrogen (secondary N) is 3. The summed E-state index contributed by atoms with van der Waals surface area (Å²) in [6.45, 7) is 2.35. The molecule has 3 N–H and O–H groups in total. The second-order valence-electron chi connectivity index (χ2n) is 11.9. The Balaban J connectivity index is 1.47. The van der Waals surface area contributed by atoms with Crippen LogP contribution in [0.3, 0.4) is 0 Å². The highest BCUT2D eigenvalue weighted by atomic mass is 35.5. The standard InChI is InChI=1S/C35H34ClF4N5O5S/c1-20-16-41-17-26(45(20)51(48,49)31-6-4-3-5-28(31)36)11-12-27-29(40)18-42-19-30(27)43-34(46)33(44-35(47)50-2)32(21-7-9-23(37)10-8-21)22-13-24(38)15-25(39)14-22/h3-10,13-15,18-20,26,32-33,41H,11-12,16-17H2,1-2H3,(H,43,46)(H,44,47)/t20-,26-,32-,33-/m0/s1. The zero-order valence-corrected chi connectivity index (χ0v) is 28.9. The first kappa shape index (κ1) is 37.7. The minimum Gasteiger partial charge on any atom is -0.453 e. The number of nitrogens with zero attached hydrogens (tertiary/aromatic N) is 2. The summed E-state index contributed by atoms with van der Waals surface area (Å²) in [5.74, 6) is -5.61. The van der Waals surface area contributed by atoms with Crippen molar-refractivity contribution in [1.29, 1.82) is 0 Å². The fraction of sp³-hybridized carbons (Fsp3) is 0.286. The Morgan fingerprint density at radius 3 is 2.33 bits per heavy atom. The molecule has 51 heavy (non-hydrogen) atoms. The van der Waals surface area contributed by atoms with Crippen LogP contribution in [0.4, 0.5) is 28.0 Å². The molecule has 0 bridgehead atoms. The molecule has 270 valence electrons. The normalized spacial score (nSPS) is 17.7. The molecule has 2 amide bonds. The Hall–Kier alpha value is -4.57. The number of pyridine rings is 1. The van der Waals surface area contributed by atoms with Crippen LogP contribution in [0.2, 0.25) is 5.02 Å². The first-order valence-electron chi connectivity index (χ1n) is 15.8. The summed E-state index contributed by atoms with van der Waals surface area (Å²) in [6.07, 6.45) is 1.08. The lowest BCUT2D eigenvalue weighted by molar-refractivity contribution is -0.118. The fourth-order valence-corrected chi connectivity index (χ4v) is 8.60. The molecule has 0 spiro atoms. The van der Waals surface area contributed by atoms with Crippen LogP contribution in [0, 0.1) is 23.3 Å². The van der Waals surface area contributed by atoms with E-state index in [0.717, 1.165) is 37.6 Å². The summed E-state index contributed by atoms with van der Waals surface area (Å²) < 4.78 is 92.1. The number of anilines is 1. The third-order valence-electron chi connectivity index (χ3n) is 8.54. The van der Waals surface area contributed by atoms with Gasteiger partial charge in [-0.15, -0.1) is 0 Å². The SMILES string of the molecule is COC(=O)N[C@H](C(=O)Nc1cncc(F)c1CC[C@H]1CNC[C@H](C)N1S(=O)(=O)c1ccccc1Cl)[C@@H](c1ccc(F)cc1)c1cc(F)cc(F)c1. The summed E-state index contributed by atoms with van der Waals surface area (Å²) in [4.78, 5) is 30.4. The first-order chi connectivity index (χ1) is 24.3. The summed E-state index contributed by atoms with van der Waals surface area (Å²) >= 11 is 6.27. The molecule has 10 nitrogen and oxygen atoms in total. The van der Waals surface area contributed by atoms with Gasteiger partial charge < -0.3 is 20.7 Å². The minimum absolute atomic E-state index is 0.0152. The van der Waals surface area contributed by atoms with Gasteiger partial charge in [-0.1, -0.05) is 35.9 Å². The van der Waals surface area contributed by atoms with Crippen molar-refractivity contribution < 1.29 is 40.3 Å². The molecule has 0 saturated carbocycles. The Morgan fingerprint density at radius 2 is 1.67 bits per heavy atom. The van der Waals surface area contributed by atoms with Crippen molar-refractivity contribution in [1.82, 2.24) is 19.9 Å². The number of ether oxygens (including phenoxy) is 1. The average Bonchev–Trinajstić information content (AvgIpc) is 3.08. The third kappa shape index (κ3) is 8.67. The first-order valence-corrected chi connectivity index (χ1v) is 17.6. The molecule has 0 unspecified atom stereocenters. The quantitative estimate of drug-likeness (QED) is 0.166. The van der Waals surface area contributed by atoms with Crippen LogP contribution in [0.25, 0.3) is 0 Å². The molecule has 1 fully saturated rings.